The van der Waals surface area contributed by atoms with Crippen LogP contribution in [0.25, 0.3) is 0 Å². The highest BCUT2D eigenvalue weighted by molar-refractivity contribution is 6.03. The second kappa shape index (κ2) is 9.07. The average molecular weight is 444 g/mol. The standard InChI is InChI=1S/C24H24N6O3/c1-16-5-4-6-20(13-16)14-28-12-11-22(27-28)25-24(31)21-9-7-19(8-10-21)15-29-18(3)23(30(32)33)17(2)26-29/h4-13H,14-15H2,1-3H3,(H,25,27,31). The van der Waals surface area contributed by atoms with Gasteiger partial charge in [0, 0.05) is 17.8 Å². The lowest BCUT2D eigenvalue weighted by Crippen LogP contribution is -2.13. The molecular formula is C24H24N6O3. The number of nitro groups is 1. The van der Waals surface area contributed by atoms with Crippen molar-refractivity contribution in [1.82, 2.24) is 19.6 Å². The van der Waals surface area contributed by atoms with E-state index in [1.54, 1.807) is 41.4 Å². The molecule has 0 bridgehead atoms. The highest BCUT2D eigenvalue weighted by atomic mass is 16.6. The molecule has 2 aromatic heterocycles. The predicted molar refractivity (Wildman–Crippen MR) is 124 cm³/mol. The van der Waals surface area contributed by atoms with Crippen molar-refractivity contribution in [2.75, 3.05) is 5.32 Å². The van der Waals surface area contributed by atoms with Crippen molar-refractivity contribution in [3.8, 4) is 0 Å². The molecule has 0 fully saturated rings. The Morgan fingerprint density at radius 3 is 2.42 bits per heavy atom. The van der Waals surface area contributed by atoms with Crippen molar-refractivity contribution >= 4 is 17.4 Å². The SMILES string of the molecule is Cc1cccc(Cn2ccc(NC(=O)c3ccc(Cn4nc(C)c([N+](=O)[O-])c4C)cc3)n2)c1. The Bertz CT molecular complexity index is 1320. The Balaban J connectivity index is 1.39. The van der Waals surface area contributed by atoms with Crippen LogP contribution in [0.3, 0.4) is 0 Å². The molecule has 0 unspecified atom stereocenters. The van der Waals surface area contributed by atoms with Crippen molar-refractivity contribution in [3.63, 3.8) is 0 Å². The largest absolute Gasteiger partial charge is 0.312 e. The molecule has 1 N–H and O–H groups in total. The lowest BCUT2D eigenvalue weighted by Gasteiger charge is -2.06. The van der Waals surface area contributed by atoms with Gasteiger partial charge in [-0.1, -0.05) is 42.0 Å². The normalized spacial score (nSPS) is 10.9. The maximum atomic E-state index is 12.6. The minimum Gasteiger partial charge on any atom is -0.305 e. The van der Waals surface area contributed by atoms with Crippen LogP contribution < -0.4 is 5.32 Å². The zero-order valence-corrected chi connectivity index (χ0v) is 18.6. The first-order valence-electron chi connectivity index (χ1n) is 10.5. The molecule has 9 heteroatoms. The van der Waals surface area contributed by atoms with Gasteiger partial charge in [-0.3, -0.25) is 24.3 Å². The first-order valence-corrected chi connectivity index (χ1v) is 10.5. The van der Waals surface area contributed by atoms with Gasteiger partial charge in [0.25, 0.3) is 5.91 Å². The lowest BCUT2D eigenvalue weighted by atomic mass is 10.1. The molecule has 0 saturated carbocycles. The summed E-state index contributed by atoms with van der Waals surface area (Å²) in [6.07, 6.45) is 1.83. The highest BCUT2D eigenvalue weighted by Crippen LogP contribution is 2.22. The average Bonchev–Trinajstić information content (AvgIpc) is 3.31. The van der Waals surface area contributed by atoms with Crippen LogP contribution in [-0.4, -0.2) is 30.4 Å². The quantitative estimate of drug-likeness (QED) is 0.338. The third-order valence-electron chi connectivity index (χ3n) is 5.38. The molecule has 4 aromatic rings. The Morgan fingerprint density at radius 2 is 1.76 bits per heavy atom. The number of aromatic nitrogens is 4. The summed E-state index contributed by atoms with van der Waals surface area (Å²) in [6, 6.07) is 17.0. The van der Waals surface area contributed by atoms with E-state index in [4.69, 9.17) is 0 Å². The molecule has 2 heterocycles. The number of benzene rings is 2. The summed E-state index contributed by atoms with van der Waals surface area (Å²) in [4.78, 5) is 23.4. The molecule has 0 atom stereocenters. The molecule has 0 radical (unpaired) electrons. The van der Waals surface area contributed by atoms with Gasteiger partial charge in [-0.05, 0) is 44.0 Å². The molecule has 0 spiro atoms. The van der Waals surface area contributed by atoms with Crippen molar-refractivity contribution < 1.29 is 9.72 Å². The molecule has 4 rings (SSSR count). The number of carbonyl (C=O) groups excluding carboxylic acids is 1. The van der Waals surface area contributed by atoms with Gasteiger partial charge in [-0.25, -0.2) is 0 Å². The topological polar surface area (TPSA) is 108 Å². The van der Waals surface area contributed by atoms with Crippen LogP contribution in [-0.2, 0) is 13.1 Å². The van der Waals surface area contributed by atoms with E-state index in [-0.39, 0.29) is 11.6 Å². The van der Waals surface area contributed by atoms with E-state index in [0.29, 0.717) is 35.9 Å². The van der Waals surface area contributed by atoms with Crippen LogP contribution in [0.1, 0.15) is 38.4 Å². The van der Waals surface area contributed by atoms with E-state index < -0.39 is 4.92 Å². The number of nitrogens with one attached hydrogen (secondary N) is 1. The third kappa shape index (κ3) is 4.98. The molecule has 168 valence electrons. The lowest BCUT2D eigenvalue weighted by molar-refractivity contribution is -0.386. The monoisotopic (exact) mass is 444 g/mol. The summed E-state index contributed by atoms with van der Waals surface area (Å²) < 4.78 is 3.38. The second-order valence-corrected chi connectivity index (χ2v) is 7.97. The molecule has 0 aliphatic heterocycles. The van der Waals surface area contributed by atoms with Gasteiger partial charge in [-0.2, -0.15) is 10.2 Å². The van der Waals surface area contributed by atoms with Crippen LogP contribution in [0.4, 0.5) is 11.5 Å². The van der Waals surface area contributed by atoms with Gasteiger partial charge < -0.3 is 5.32 Å². The van der Waals surface area contributed by atoms with Gasteiger partial charge in [0.15, 0.2) is 5.82 Å². The highest BCUT2D eigenvalue weighted by Gasteiger charge is 2.21. The number of amides is 1. The molecule has 1 amide bonds. The summed E-state index contributed by atoms with van der Waals surface area (Å²) in [5, 5.41) is 22.7. The van der Waals surface area contributed by atoms with E-state index in [2.05, 4.69) is 21.6 Å². The smallest absolute Gasteiger partial charge is 0.305 e. The first-order chi connectivity index (χ1) is 15.8. The number of rotatable bonds is 7. The second-order valence-electron chi connectivity index (χ2n) is 7.97. The molecular weight excluding hydrogens is 420 g/mol. The van der Waals surface area contributed by atoms with Gasteiger partial charge in [0.2, 0.25) is 0 Å². The van der Waals surface area contributed by atoms with E-state index in [9.17, 15) is 14.9 Å². The van der Waals surface area contributed by atoms with Crippen molar-refractivity contribution in [1.29, 1.82) is 0 Å². The number of carbonyl (C=O) groups is 1. The maximum absolute atomic E-state index is 12.6. The molecule has 0 saturated heterocycles. The van der Waals surface area contributed by atoms with Gasteiger partial charge in [-0.15, -0.1) is 0 Å². The Hall–Kier alpha value is -4.27. The predicted octanol–water partition coefficient (Wildman–Crippen LogP) is 4.26. The fraction of sp³-hybridized carbons (Fsp3) is 0.208. The number of hydrogen-bond acceptors (Lipinski definition) is 5. The Kier molecular flexibility index (Phi) is 6.03. The third-order valence-corrected chi connectivity index (χ3v) is 5.38. The zero-order valence-electron chi connectivity index (χ0n) is 18.6. The molecule has 33 heavy (non-hydrogen) atoms. The summed E-state index contributed by atoms with van der Waals surface area (Å²) in [7, 11) is 0. The van der Waals surface area contributed by atoms with E-state index in [1.165, 1.54) is 5.56 Å². The van der Waals surface area contributed by atoms with Crippen molar-refractivity contribution in [2.24, 2.45) is 0 Å². The van der Waals surface area contributed by atoms with Crippen LogP contribution in [0.2, 0.25) is 0 Å². The van der Waals surface area contributed by atoms with Gasteiger partial charge >= 0.3 is 5.69 Å². The number of anilines is 1. The number of nitrogens with zero attached hydrogens (tertiary/aromatic N) is 5. The first kappa shape index (κ1) is 21.9. The van der Waals surface area contributed by atoms with Crippen LogP contribution in [0, 0.1) is 30.9 Å². The molecule has 0 aliphatic carbocycles. The summed E-state index contributed by atoms with van der Waals surface area (Å²) >= 11 is 0. The maximum Gasteiger partial charge on any atom is 0.312 e. The zero-order chi connectivity index (χ0) is 23.5. The van der Waals surface area contributed by atoms with Gasteiger partial charge in [0.05, 0.1) is 18.0 Å². The summed E-state index contributed by atoms with van der Waals surface area (Å²) in [5.41, 5.74) is 4.62. The Labute approximate surface area is 190 Å². The van der Waals surface area contributed by atoms with Crippen molar-refractivity contribution in [3.05, 3.63) is 105 Å². The minimum absolute atomic E-state index is 0.0350. The summed E-state index contributed by atoms with van der Waals surface area (Å²) in [5.74, 6) is 0.218. The fourth-order valence-electron chi connectivity index (χ4n) is 3.74. The molecule has 0 aliphatic rings. The number of hydrogen-bond donors (Lipinski definition) is 1. The summed E-state index contributed by atoms with van der Waals surface area (Å²) in [6.45, 7) is 6.35. The minimum atomic E-state index is -0.413. The molecule has 2 aromatic carbocycles. The van der Waals surface area contributed by atoms with Gasteiger partial charge in [0.1, 0.15) is 11.4 Å². The Morgan fingerprint density at radius 1 is 1.00 bits per heavy atom. The van der Waals surface area contributed by atoms with Crippen LogP contribution in [0.5, 0.6) is 0 Å². The fourth-order valence-corrected chi connectivity index (χ4v) is 3.74. The van der Waals surface area contributed by atoms with Crippen molar-refractivity contribution in [2.45, 2.75) is 33.9 Å². The molecule has 9 nitrogen and oxygen atoms in total. The van der Waals surface area contributed by atoms with Crippen LogP contribution >= 0.6 is 0 Å². The van der Waals surface area contributed by atoms with E-state index in [1.807, 2.05) is 43.5 Å². The van der Waals surface area contributed by atoms with E-state index >= 15 is 0 Å². The number of aryl methyl sites for hydroxylation is 2. The van der Waals surface area contributed by atoms with E-state index in [0.717, 1.165) is 11.1 Å². The van der Waals surface area contributed by atoms with Crippen LogP contribution in [0.15, 0.2) is 60.8 Å².